The van der Waals surface area contributed by atoms with E-state index in [0.717, 1.165) is 22.4 Å². The molecule has 2 aromatic heterocycles. The molecule has 0 saturated carbocycles. The Bertz CT molecular complexity index is 913. The fourth-order valence-electron chi connectivity index (χ4n) is 2.73. The number of amides is 1. The Hall–Kier alpha value is -2.47. The summed E-state index contributed by atoms with van der Waals surface area (Å²) in [6, 6.07) is 9.94. The highest BCUT2D eigenvalue weighted by Crippen LogP contribution is 2.24. The van der Waals surface area contributed by atoms with Gasteiger partial charge >= 0.3 is 0 Å². The number of furan rings is 1. The molecule has 0 radical (unpaired) electrons. The van der Waals surface area contributed by atoms with Gasteiger partial charge in [-0.3, -0.25) is 9.36 Å². The Kier molecular flexibility index (Phi) is 5.52. The van der Waals surface area contributed by atoms with Gasteiger partial charge in [0.2, 0.25) is 5.91 Å². The third kappa shape index (κ3) is 4.19. The normalized spacial score (nSPS) is 12.2. The molecule has 3 aromatic rings. The molecule has 3 rings (SSSR count). The molecule has 1 unspecified atom stereocenters. The van der Waals surface area contributed by atoms with Crippen molar-refractivity contribution in [3.63, 3.8) is 0 Å². The Morgan fingerprint density at radius 1 is 1.27 bits per heavy atom. The van der Waals surface area contributed by atoms with E-state index in [1.165, 1.54) is 22.9 Å². The highest BCUT2D eigenvalue weighted by molar-refractivity contribution is 7.99. The maximum Gasteiger partial charge on any atom is 0.231 e. The zero-order chi connectivity index (χ0) is 18.7. The van der Waals surface area contributed by atoms with Crippen LogP contribution in [0.25, 0.3) is 5.69 Å². The van der Waals surface area contributed by atoms with Crippen LogP contribution in [0.5, 0.6) is 0 Å². The monoisotopic (exact) mass is 369 g/mol. The first-order chi connectivity index (χ1) is 12.4. The predicted octanol–water partition coefficient (Wildman–Crippen LogP) is 4.36. The molecular formula is C20H23N3O2S. The number of aryl methyl sites for hydroxylation is 3. The molecule has 1 N–H and O–H groups in total. The fraction of sp³-hybridized carbons (Fsp3) is 0.300. The molecule has 26 heavy (non-hydrogen) atoms. The molecule has 1 aromatic carbocycles. The third-order valence-corrected chi connectivity index (χ3v) is 5.10. The van der Waals surface area contributed by atoms with Crippen molar-refractivity contribution in [2.24, 2.45) is 0 Å². The number of carbonyl (C=O) groups excluding carboxylic acids is 1. The number of benzene rings is 1. The number of hydrogen-bond acceptors (Lipinski definition) is 4. The van der Waals surface area contributed by atoms with Crippen LogP contribution in [-0.4, -0.2) is 21.2 Å². The van der Waals surface area contributed by atoms with Crippen molar-refractivity contribution in [2.75, 3.05) is 5.75 Å². The molecule has 0 aliphatic rings. The van der Waals surface area contributed by atoms with Crippen LogP contribution in [0.3, 0.4) is 0 Å². The van der Waals surface area contributed by atoms with Crippen LogP contribution in [0.1, 0.15) is 35.6 Å². The third-order valence-electron chi connectivity index (χ3n) is 4.13. The van der Waals surface area contributed by atoms with E-state index in [1.54, 1.807) is 6.20 Å². The summed E-state index contributed by atoms with van der Waals surface area (Å²) in [6.07, 6.45) is 3.69. The summed E-state index contributed by atoms with van der Waals surface area (Å²) in [4.78, 5) is 16.7. The summed E-state index contributed by atoms with van der Waals surface area (Å²) < 4.78 is 7.59. The second kappa shape index (κ2) is 7.83. The molecule has 0 bridgehead atoms. The molecule has 0 spiro atoms. The highest BCUT2D eigenvalue weighted by atomic mass is 32.2. The SMILES string of the molecule is Cc1ccc(C)c(-n2ccnc2SCC(=O)NC(C)c2ccc(C)o2)c1. The Balaban J connectivity index is 1.64. The molecule has 2 heterocycles. The molecule has 5 nitrogen and oxygen atoms in total. The van der Waals surface area contributed by atoms with E-state index in [0.29, 0.717) is 5.75 Å². The van der Waals surface area contributed by atoms with Crippen molar-refractivity contribution >= 4 is 17.7 Å². The summed E-state index contributed by atoms with van der Waals surface area (Å²) >= 11 is 1.42. The van der Waals surface area contributed by atoms with Gasteiger partial charge in [-0.2, -0.15) is 0 Å². The Morgan fingerprint density at radius 3 is 2.81 bits per heavy atom. The Morgan fingerprint density at radius 2 is 2.08 bits per heavy atom. The van der Waals surface area contributed by atoms with Gasteiger partial charge in [0.05, 0.1) is 17.5 Å². The van der Waals surface area contributed by atoms with Crippen molar-refractivity contribution in [3.05, 3.63) is 65.4 Å². The van der Waals surface area contributed by atoms with Crippen molar-refractivity contribution < 1.29 is 9.21 Å². The first kappa shape index (κ1) is 18.3. The van der Waals surface area contributed by atoms with E-state index in [9.17, 15) is 4.79 Å². The minimum absolute atomic E-state index is 0.0490. The number of thioether (sulfide) groups is 1. The lowest BCUT2D eigenvalue weighted by atomic mass is 10.1. The van der Waals surface area contributed by atoms with Crippen LogP contribution in [0.2, 0.25) is 0 Å². The summed E-state index contributed by atoms with van der Waals surface area (Å²) in [5, 5.41) is 3.76. The zero-order valence-electron chi connectivity index (χ0n) is 15.4. The number of nitrogens with one attached hydrogen (secondary N) is 1. The second-order valence-electron chi connectivity index (χ2n) is 6.40. The largest absolute Gasteiger partial charge is 0.464 e. The van der Waals surface area contributed by atoms with E-state index in [2.05, 4.69) is 42.3 Å². The number of carbonyl (C=O) groups is 1. The van der Waals surface area contributed by atoms with Gasteiger partial charge < -0.3 is 9.73 Å². The number of hydrogen-bond donors (Lipinski definition) is 1. The van der Waals surface area contributed by atoms with Crippen LogP contribution in [-0.2, 0) is 4.79 Å². The maximum absolute atomic E-state index is 12.3. The minimum atomic E-state index is -0.157. The lowest BCUT2D eigenvalue weighted by Crippen LogP contribution is -2.28. The van der Waals surface area contributed by atoms with E-state index in [1.807, 2.05) is 36.7 Å². The lowest BCUT2D eigenvalue weighted by Gasteiger charge is -2.13. The van der Waals surface area contributed by atoms with Gasteiger partial charge in [0, 0.05) is 12.4 Å². The molecule has 1 amide bonds. The summed E-state index contributed by atoms with van der Waals surface area (Å²) in [6.45, 7) is 7.94. The number of nitrogens with zero attached hydrogens (tertiary/aromatic N) is 2. The smallest absolute Gasteiger partial charge is 0.231 e. The van der Waals surface area contributed by atoms with E-state index >= 15 is 0 Å². The molecule has 1 atom stereocenters. The zero-order valence-corrected chi connectivity index (χ0v) is 16.3. The minimum Gasteiger partial charge on any atom is -0.464 e. The predicted molar refractivity (Wildman–Crippen MR) is 104 cm³/mol. The van der Waals surface area contributed by atoms with Gasteiger partial charge in [0.25, 0.3) is 0 Å². The molecule has 0 fully saturated rings. The first-order valence-corrected chi connectivity index (χ1v) is 9.52. The van der Waals surface area contributed by atoms with Crippen molar-refractivity contribution in [1.82, 2.24) is 14.9 Å². The van der Waals surface area contributed by atoms with Gasteiger partial charge in [0.15, 0.2) is 5.16 Å². The second-order valence-corrected chi connectivity index (χ2v) is 7.34. The van der Waals surface area contributed by atoms with Gasteiger partial charge in [-0.1, -0.05) is 23.9 Å². The van der Waals surface area contributed by atoms with Crippen LogP contribution in [0.4, 0.5) is 0 Å². The van der Waals surface area contributed by atoms with Crippen LogP contribution in [0.15, 0.2) is 52.3 Å². The summed E-state index contributed by atoms with van der Waals surface area (Å²) in [7, 11) is 0. The highest BCUT2D eigenvalue weighted by Gasteiger charge is 2.15. The molecule has 136 valence electrons. The van der Waals surface area contributed by atoms with Crippen molar-refractivity contribution in [1.29, 1.82) is 0 Å². The lowest BCUT2D eigenvalue weighted by molar-refractivity contribution is -0.119. The van der Waals surface area contributed by atoms with E-state index in [4.69, 9.17) is 4.42 Å². The van der Waals surface area contributed by atoms with Crippen LogP contribution in [0, 0.1) is 20.8 Å². The van der Waals surface area contributed by atoms with Gasteiger partial charge in [-0.05, 0) is 57.0 Å². The standard InChI is InChI=1S/C20H23N3O2S/c1-13-5-6-14(2)17(11-13)23-10-9-21-20(23)26-12-19(24)22-16(4)18-8-7-15(3)25-18/h5-11,16H,12H2,1-4H3,(H,22,24). The number of rotatable bonds is 6. The van der Waals surface area contributed by atoms with Gasteiger partial charge in [-0.15, -0.1) is 0 Å². The average Bonchev–Trinajstić information content (AvgIpc) is 3.24. The van der Waals surface area contributed by atoms with E-state index in [-0.39, 0.29) is 11.9 Å². The van der Waals surface area contributed by atoms with Crippen LogP contribution < -0.4 is 5.32 Å². The summed E-state index contributed by atoms with van der Waals surface area (Å²) in [5.41, 5.74) is 3.45. The van der Waals surface area contributed by atoms with Crippen LogP contribution >= 0.6 is 11.8 Å². The number of aromatic nitrogens is 2. The molecule has 0 saturated heterocycles. The fourth-order valence-corrected chi connectivity index (χ4v) is 3.51. The van der Waals surface area contributed by atoms with E-state index < -0.39 is 0 Å². The quantitative estimate of drug-likeness (QED) is 0.656. The molecule has 0 aliphatic heterocycles. The topological polar surface area (TPSA) is 60.1 Å². The molecular weight excluding hydrogens is 346 g/mol. The number of imidazole rings is 1. The van der Waals surface area contributed by atoms with Crippen molar-refractivity contribution in [2.45, 2.75) is 38.9 Å². The molecule has 0 aliphatic carbocycles. The first-order valence-electron chi connectivity index (χ1n) is 8.53. The summed E-state index contributed by atoms with van der Waals surface area (Å²) in [5.74, 6) is 1.85. The Labute approximate surface area is 157 Å². The van der Waals surface area contributed by atoms with Gasteiger partial charge in [-0.25, -0.2) is 4.98 Å². The van der Waals surface area contributed by atoms with Crippen molar-refractivity contribution in [3.8, 4) is 5.69 Å². The molecule has 6 heteroatoms. The maximum atomic E-state index is 12.3. The average molecular weight is 369 g/mol. The van der Waals surface area contributed by atoms with Gasteiger partial charge in [0.1, 0.15) is 11.5 Å².